The molecular weight excluding hydrogens is 252 g/mol. The highest BCUT2D eigenvalue weighted by Crippen LogP contribution is 2.32. The number of hydrogen-bond donors (Lipinski definition) is 1. The van der Waals surface area contributed by atoms with Gasteiger partial charge in [0.25, 0.3) is 0 Å². The summed E-state index contributed by atoms with van der Waals surface area (Å²) in [7, 11) is 0. The molecule has 0 radical (unpaired) electrons. The number of pyridine rings is 1. The van der Waals surface area contributed by atoms with Crippen molar-refractivity contribution in [1.82, 2.24) is 9.88 Å². The minimum Gasteiger partial charge on any atom is -0.369 e. The van der Waals surface area contributed by atoms with Gasteiger partial charge in [0.05, 0.1) is 5.56 Å². The third kappa shape index (κ3) is 2.60. The van der Waals surface area contributed by atoms with Crippen LogP contribution >= 0.6 is 0 Å². The highest BCUT2D eigenvalue weighted by molar-refractivity contribution is 5.79. The molecule has 5 heteroatoms. The Balaban J connectivity index is 1.61. The maximum Gasteiger partial charge on any atom is 0.223 e. The molecule has 1 aromatic rings. The topological polar surface area (TPSA) is 69.0 Å². The van der Waals surface area contributed by atoms with E-state index in [9.17, 15) is 4.79 Å². The van der Waals surface area contributed by atoms with Gasteiger partial charge in [-0.1, -0.05) is 0 Å². The molecule has 20 heavy (non-hydrogen) atoms. The standard InChI is InChI=1S/C15H18N4O/c1-10-2-3-12(7-16)15(18-10)17-8-11-6-14(20)19(9-11)13-4-5-13/h2-3,11,13H,4-6,8-9H2,1H3,(H,17,18)/t11-/m0/s1. The van der Waals surface area contributed by atoms with Crippen molar-refractivity contribution in [3.05, 3.63) is 23.4 Å². The molecule has 3 rings (SSSR count). The molecule has 2 fully saturated rings. The Morgan fingerprint density at radius 2 is 2.30 bits per heavy atom. The van der Waals surface area contributed by atoms with E-state index in [0.717, 1.165) is 25.1 Å². The number of anilines is 1. The molecule has 2 aliphatic rings. The Morgan fingerprint density at radius 3 is 3.00 bits per heavy atom. The van der Waals surface area contributed by atoms with Crippen LogP contribution in [0.2, 0.25) is 0 Å². The van der Waals surface area contributed by atoms with E-state index >= 15 is 0 Å². The largest absolute Gasteiger partial charge is 0.369 e. The zero-order valence-corrected chi connectivity index (χ0v) is 11.6. The molecule has 1 aliphatic heterocycles. The van der Waals surface area contributed by atoms with Crippen molar-refractivity contribution in [3.63, 3.8) is 0 Å². The minimum atomic E-state index is 0.275. The lowest BCUT2D eigenvalue weighted by Gasteiger charge is -2.16. The lowest BCUT2D eigenvalue weighted by molar-refractivity contribution is -0.128. The van der Waals surface area contributed by atoms with Gasteiger partial charge in [0, 0.05) is 37.2 Å². The molecule has 1 saturated carbocycles. The second-order valence-electron chi connectivity index (χ2n) is 5.69. The van der Waals surface area contributed by atoms with E-state index in [1.165, 1.54) is 0 Å². The van der Waals surface area contributed by atoms with Crippen LogP contribution in [0.1, 0.15) is 30.5 Å². The third-order valence-electron chi connectivity index (χ3n) is 3.94. The van der Waals surface area contributed by atoms with Crippen LogP contribution in [-0.4, -0.2) is 34.9 Å². The average molecular weight is 270 g/mol. The molecule has 0 spiro atoms. The SMILES string of the molecule is Cc1ccc(C#N)c(NC[C@@H]2CC(=O)N(C3CC3)C2)n1. The number of carbonyl (C=O) groups is 1. The van der Waals surface area contributed by atoms with Gasteiger partial charge < -0.3 is 10.2 Å². The second kappa shape index (κ2) is 5.12. The first-order valence-electron chi connectivity index (χ1n) is 7.08. The monoisotopic (exact) mass is 270 g/mol. The second-order valence-corrected chi connectivity index (χ2v) is 5.69. The van der Waals surface area contributed by atoms with Crippen LogP contribution in [0.5, 0.6) is 0 Å². The van der Waals surface area contributed by atoms with E-state index in [2.05, 4.69) is 16.4 Å². The van der Waals surface area contributed by atoms with Crippen LogP contribution in [0, 0.1) is 24.2 Å². The maximum absolute atomic E-state index is 11.9. The molecule has 104 valence electrons. The summed E-state index contributed by atoms with van der Waals surface area (Å²) in [6.45, 7) is 3.44. The Bertz CT molecular complexity index is 574. The Hall–Kier alpha value is -2.09. The van der Waals surface area contributed by atoms with Crippen molar-refractivity contribution >= 4 is 11.7 Å². The zero-order valence-electron chi connectivity index (χ0n) is 11.6. The molecule has 0 bridgehead atoms. The first kappa shape index (κ1) is 12.9. The van der Waals surface area contributed by atoms with Gasteiger partial charge in [0.2, 0.25) is 5.91 Å². The third-order valence-corrected chi connectivity index (χ3v) is 3.94. The molecule has 0 aromatic carbocycles. The number of nitriles is 1. The minimum absolute atomic E-state index is 0.275. The van der Waals surface area contributed by atoms with E-state index in [1.54, 1.807) is 6.07 Å². The predicted octanol–water partition coefficient (Wildman–Crippen LogP) is 1.68. The lowest BCUT2D eigenvalue weighted by atomic mass is 10.1. The van der Waals surface area contributed by atoms with Crippen LogP contribution in [0.15, 0.2) is 12.1 Å². The molecule has 0 unspecified atom stereocenters. The number of carbonyl (C=O) groups excluding carboxylic acids is 1. The van der Waals surface area contributed by atoms with Crippen LogP contribution in [0.4, 0.5) is 5.82 Å². The summed E-state index contributed by atoms with van der Waals surface area (Å²) in [6, 6.07) is 6.25. The van der Waals surface area contributed by atoms with Crippen LogP contribution < -0.4 is 5.32 Å². The number of aromatic nitrogens is 1. The number of nitrogens with zero attached hydrogens (tertiary/aromatic N) is 3. The van der Waals surface area contributed by atoms with E-state index in [1.807, 2.05) is 17.9 Å². The highest BCUT2D eigenvalue weighted by atomic mass is 16.2. The van der Waals surface area contributed by atoms with Crippen molar-refractivity contribution in [2.75, 3.05) is 18.4 Å². The predicted molar refractivity (Wildman–Crippen MR) is 75.0 cm³/mol. The summed E-state index contributed by atoms with van der Waals surface area (Å²) < 4.78 is 0. The Morgan fingerprint density at radius 1 is 1.50 bits per heavy atom. The van der Waals surface area contributed by atoms with Gasteiger partial charge in [0.1, 0.15) is 11.9 Å². The van der Waals surface area contributed by atoms with E-state index in [-0.39, 0.29) is 5.91 Å². The number of aryl methyl sites for hydroxylation is 1. The number of likely N-dealkylation sites (tertiary alicyclic amines) is 1. The van der Waals surface area contributed by atoms with E-state index in [0.29, 0.717) is 36.3 Å². The van der Waals surface area contributed by atoms with Gasteiger partial charge >= 0.3 is 0 Å². The molecule has 1 saturated heterocycles. The van der Waals surface area contributed by atoms with Gasteiger partial charge in [-0.2, -0.15) is 5.26 Å². The average Bonchev–Trinajstić information content (AvgIpc) is 3.20. The fraction of sp³-hybridized carbons (Fsp3) is 0.533. The molecule has 1 amide bonds. The molecule has 1 N–H and O–H groups in total. The molecule has 5 nitrogen and oxygen atoms in total. The van der Waals surface area contributed by atoms with Gasteiger partial charge in [-0.25, -0.2) is 4.98 Å². The van der Waals surface area contributed by atoms with Gasteiger partial charge in [-0.05, 0) is 31.9 Å². The first-order chi connectivity index (χ1) is 9.67. The van der Waals surface area contributed by atoms with Gasteiger partial charge in [-0.15, -0.1) is 0 Å². The highest BCUT2D eigenvalue weighted by Gasteiger charge is 2.39. The van der Waals surface area contributed by atoms with Crippen LogP contribution in [0.3, 0.4) is 0 Å². The van der Waals surface area contributed by atoms with Crippen molar-refractivity contribution in [2.45, 2.75) is 32.2 Å². The number of rotatable bonds is 4. The smallest absolute Gasteiger partial charge is 0.223 e. The molecule has 1 aliphatic carbocycles. The number of hydrogen-bond acceptors (Lipinski definition) is 4. The van der Waals surface area contributed by atoms with Crippen molar-refractivity contribution in [3.8, 4) is 6.07 Å². The zero-order chi connectivity index (χ0) is 14.1. The summed E-state index contributed by atoms with van der Waals surface area (Å²) in [6.07, 6.45) is 2.92. The summed E-state index contributed by atoms with van der Waals surface area (Å²) in [5, 5.41) is 12.3. The quantitative estimate of drug-likeness (QED) is 0.904. The summed E-state index contributed by atoms with van der Waals surface area (Å²) in [4.78, 5) is 18.3. The van der Waals surface area contributed by atoms with Crippen molar-refractivity contribution < 1.29 is 4.79 Å². The van der Waals surface area contributed by atoms with Gasteiger partial charge in [-0.3, -0.25) is 4.79 Å². The summed E-state index contributed by atoms with van der Waals surface area (Å²) >= 11 is 0. The molecule has 1 atom stereocenters. The van der Waals surface area contributed by atoms with Crippen molar-refractivity contribution in [2.24, 2.45) is 5.92 Å². The Labute approximate surface area is 118 Å². The van der Waals surface area contributed by atoms with Crippen LogP contribution in [-0.2, 0) is 4.79 Å². The maximum atomic E-state index is 11.9. The van der Waals surface area contributed by atoms with Crippen molar-refractivity contribution in [1.29, 1.82) is 5.26 Å². The fourth-order valence-electron chi connectivity index (χ4n) is 2.71. The number of amides is 1. The normalized spacial score (nSPS) is 21.9. The molecular formula is C15H18N4O. The first-order valence-corrected chi connectivity index (χ1v) is 7.08. The summed E-state index contributed by atoms with van der Waals surface area (Å²) in [5.74, 6) is 1.22. The lowest BCUT2D eigenvalue weighted by Crippen LogP contribution is -2.28. The van der Waals surface area contributed by atoms with Crippen LogP contribution in [0.25, 0.3) is 0 Å². The fourth-order valence-corrected chi connectivity index (χ4v) is 2.71. The molecule has 2 heterocycles. The van der Waals surface area contributed by atoms with Gasteiger partial charge in [0.15, 0.2) is 0 Å². The number of nitrogens with one attached hydrogen (secondary N) is 1. The van der Waals surface area contributed by atoms with E-state index < -0.39 is 0 Å². The summed E-state index contributed by atoms with van der Waals surface area (Å²) in [5.41, 5.74) is 1.44. The van der Waals surface area contributed by atoms with E-state index in [4.69, 9.17) is 5.26 Å². The Kier molecular flexibility index (Phi) is 3.31. The molecule has 1 aromatic heterocycles.